The lowest BCUT2D eigenvalue weighted by molar-refractivity contribution is -0.136. The minimum Gasteiger partial charge on any atom is -0.395 e. The van der Waals surface area contributed by atoms with Crippen molar-refractivity contribution in [3.8, 4) is 0 Å². The standard InChI is InChI=1S/C10H10F2N2O3/c11-6-1-2-8(7(12)5-6)14-10(17)9(16)13-3-4-15/h1-2,5,15H,3-4H2,(H,13,16)(H,14,17). The number of rotatable bonds is 3. The molecule has 0 atom stereocenters. The number of nitrogens with one attached hydrogen (secondary N) is 2. The fraction of sp³-hybridized carbons (Fsp3) is 0.200. The summed E-state index contributed by atoms with van der Waals surface area (Å²) in [6, 6.07) is 2.54. The molecule has 0 aliphatic heterocycles. The second kappa shape index (κ2) is 5.90. The van der Waals surface area contributed by atoms with Crippen LogP contribution in [0.3, 0.4) is 0 Å². The van der Waals surface area contributed by atoms with E-state index in [1.807, 2.05) is 5.32 Å². The number of anilines is 1. The van der Waals surface area contributed by atoms with E-state index >= 15 is 0 Å². The summed E-state index contributed by atoms with van der Waals surface area (Å²) in [5, 5.41) is 12.5. The first-order valence-corrected chi connectivity index (χ1v) is 4.69. The zero-order chi connectivity index (χ0) is 12.8. The summed E-state index contributed by atoms with van der Waals surface area (Å²) >= 11 is 0. The highest BCUT2D eigenvalue weighted by Crippen LogP contribution is 2.14. The Bertz CT molecular complexity index is 438. The molecule has 5 nitrogen and oxygen atoms in total. The van der Waals surface area contributed by atoms with Crippen LogP contribution >= 0.6 is 0 Å². The van der Waals surface area contributed by atoms with Crippen molar-refractivity contribution >= 4 is 17.5 Å². The highest BCUT2D eigenvalue weighted by molar-refractivity contribution is 6.39. The molecule has 3 N–H and O–H groups in total. The lowest BCUT2D eigenvalue weighted by Gasteiger charge is -2.06. The number of halogens is 2. The van der Waals surface area contributed by atoms with Gasteiger partial charge in [-0.3, -0.25) is 9.59 Å². The van der Waals surface area contributed by atoms with Gasteiger partial charge >= 0.3 is 11.8 Å². The quantitative estimate of drug-likeness (QED) is 0.655. The average molecular weight is 244 g/mol. The van der Waals surface area contributed by atoms with Crippen LogP contribution in [0.5, 0.6) is 0 Å². The summed E-state index contributed by atoms with van der Waals surface area (Å²) in [5.74, 6) is -3.87. The van der Waals surface area contributed by atoms with E-state index in [-0.39, 0.29) is 18.8 Å². The molecule has 17 heavy (non-hydrogen) atoms. The third-order valence-corrected chi connectivity index (χ3v) is 1.78. The number of aliphatic hydroxyl groups excluding tert-OH is 1. The van der Waals surface area contributed by atoms with E-state index in [1.54, 1.807) is 0 Å². The van der Waals surface area contributed by atoms with Crippen molar-refractivity contribution in [2.75, 3.05) is 18.5 Å². The number of hydrogen-bond acceptors (Lipinski definition) is 3. The van der Waals surface area contributed by atoms with Gasteiger partial charge in [0.25, 0.3) is 0 Å². The van der Waals surface area contributed by atoms with E-state index in [9.17, 15) is 18.4 Å². The van der Waals surface area contributed by atoms with Crippen LogP contribution in [0.15, 0.2) is 18.2 Å². The minimum atomic E-state index is -1.09. The second-order valence-corrected chi connectivity index (χ2v) is 3.06. The van der Waals surface area contributed by atoms with Gasteiger partial charge in [-0.05, 0) is 12.1 Å². The van der Waals surface area contributed by atoms with E-state index in [1.165, 1.54) is 0 Å². The number of carbonyl (C=O) groups excluding carboxylic acids is 2. The fourth-order valence-corrected chi connectivity index (χ4v) is 1.02. The van der Waals surface area contributed by atoms with Crippen LogP contribution in [0, 0.1) is 11.6 Å². The van der Waals surface area contributed by atoms with Gasteiger partial charge in [-0.2, -0.15) is 0 Å². The van der Waals surface area contributed by atoms with Crippen molar-refractivity contribution in [3.63, 3.8) is 0 Å². The summed E-state index contributed by atoms with van der Waals surface area (Å²) in [6.45, 7) is -0.401. The Balaban J connectivity index is 2.64. The van der Waals surface area contributed by atoms with E-state index in [0.717, 1.165) is 12.1 Å². The molecule has 0 aromatic heterocycles. The van der Waals surface area contributed by atoms with Crippen molar-refractivity contribution < 1.29 is 23.5 Å². The molecule has 0 radical (unpaired) electrons. The van der Waals surface area contributed by atoms with Crippen LogP contribution in [-0.2, 0) is 9.59 Å². The van der Waals surface area contributed by atoms with Crippen molar-refractivity contribution in [3.05, 3.63) is 29.8 Å². The maximum atomic E-state index is 13.1. The Morgan fingerprint density at radius 3 is 2.53 bits per heavy atom. The lowest BCUT2D eigenvalue weighted by atomic mass is 10.3. The zero-order valence-corrected chi connectivity index (χ0v) is 8.67. The van der Waals surface area contributed by atoms with Gasteiger partial charge in [-0.1, -0.05) is 0 Å². The average Bonchev–Trinajstić information content (AvgIpc) is 2.29. The SMILES string of the molecule is O=C(NCCO)C(=O)Nc1ccc(F)cc1F. The lowest BCUT2D eigenvalue weighted by Crippen LogP contribution is -2.37. The molecule has 0 heterocycles. The van der Waals surface area contributed by atoms with Crippen molar-refractivity contribution in [2.45, 2.75) is 0 Å². The molecular formula is C10H10F2N2O3. The van der Waals surface area contributed by atoms with Crippen molar-refractivity contribution in [2.24, 2.45) is 0 Å². The Kier molecular flexibility index (Phi) is 4.53. The number of carbonyl (C=O) groups is 2. The van der Waals surface area contributed by atoms with E-state index < -0.39 is 23.4 Å². The first-order chi connectivity index (χ1) is 8.04. The van der Waals surface area contributed by atoms with Gasteiger partial charge in [-0.25, -0.2) is 8.78 Å². The molecule has 0 bridgehead atoms. The van der Waals surface area contributed by atoms with Crippen LogP contribution < -0.4 is 10.6 Å². The molecule has 92 valence electrons. The predicted octanol–water partition coefficient (Wildman–Crippen LogP) is 0.0118. The molecule has 0 spiro atoms. The number of aliphatic hydroxyl groups is 1. The minimum absolute atomic E-state index is 0.0852. The zero-order valence-electron chi connectivity index (χ0n) is 8.67. The van der Waals surface area contributed by atoms with Gasteiger partial charge in [0, 0.05) is 12.6 Å². The van der Waals surface area contributed by atoms with E-state index in [0.29, 0.717) is 6.07 Å². The molecule has 0 fully saturated rings. The first-order valence-electron chi connectivity index (χ1n) is 4.69. The van der Waals surface area contributed by atoms with Gasteiger partial charge < -0.3 is 15.7 Å². The third kappa shape index (κ3) is 3.80. The maximum Gasteiger partial charge on any atom is 0.313 e. The monoisotopic (exact) mass is 244 g/mol. The summed E-state index contributed by atoms with van der Waals surface area (Å²) in [4.78, 5) is 22.2. The summed E-state index contributed by atoms with van der Waals surface area (Å²) in [7, 11) is 0. The van der Waals surface area contributed by atoms with Crippen LogP contribution in [0.1, 0.15) is 0 Å². The smallest absolute Gasteiger partial charge is 0.313 e. The van der Waals surface area contributed by atoms with Crippen LogP contribution in [0.4, 0.5) is 14.5 Å². The summed E-state index contributed by atoms with van der Waals surface area (Å²) < 4.78 is 25.7. The van der Waals surface area contributed by atoms with Crippen molar-refractivity contribution in [1.82, 2.24) is 5.32 Å². The molecule has 1 aromatic rings. The molecular weight excluding hydrogens is 234 g/mol. The van der Waals surface area contributed by atoms with Gasteiger partial charge in [0.15, 0.2) is 0 Å². The predicted molar refractivity (Wildman–Crippen MR) is 55.1 cm³/mol. The Morgan fingerprint density at radius 2 is 1.94 bits per heavy atom. The van der Waals surface area contributed by atoms with Crippen LogP contribution in [-0.4, -0.2) is 30.1 Å². The Morgan fingerprint density at radius 1 is 1.24 bits per heavy atom. The summed E-state index contributed by atoms with van der Waals surface area (Å²) in [5.41, 5.74) is -0.296. The maximum absolute atomic E-state index is 13.1. The molecule has 1 rings (SSSR count). The second-order valence-electron chi connectivity index (χ2n) is 3.06. The Hall–Kier alpha value is -2.02. The first kappa shape index (κ1) is 13.0. The molecule has 0 saturated heterocycles. The van der Waals surface area contributed by atoms with Crippen LogP contribution in [0.25, 0.3) is 0 Å². The highest BCUT2D eigenvalue weighted by atomic mass is 19.1. The van der Waals surface area contributed by atoms with Gasteiger partial charge in [0.1, 0.15) is 11.6 Å². The van der Waals surface area contributed by atoms with Gasteiger partial charge in [0.05, 0.1) is 12.3 Å². The number of amides is 2. The van der Waals surface area contributed by atoms with E-state index in [2.05, 4.69) is 5.32 Å². The molecule has 0 saturated carbocycles. The number of benzene rings is 1. The molecule has 0 unspecified atom stereocenters. The third-order valence-electron chi connectivity index (χ3n) is 1.78. The molecule has 0 aliphatic rings. The molecule has 1 aromatic carbocycles. The summed E-state index contributed by atoms with van der Waals surface area (Å²) in [6.07, 6.45) is 0. The largest absolute Gasteiger partial charge is 0.395 e. The highest BCUT2D eigenvalue weighted by Gasteiger charge is 2.15. The number of hydrogen-bond donors (Lipinski definition) is 3. The van der Waals surface area contributed by atoms with Crippen molar-refractivity contribution in [1.29, 1.82) is 0 Å². The Labute approximate surface area is 95.4 Å². The van der Waals surface area contributed by atoms with Gasteiger partial charge in [-0.15, -0.1) is 0 Å². The fourth-order valence-electron chi connectivity index (χ4n) is 1.02. The molecule has 0 aliphatic carbocycles. The van der Waals surface area contributed by atoms with Crippen LogP contribution in [0.2, 0.25) is 0 Å². The van der Waals surface area contributed by atoms with E-state index in [4.69, 9.17) is 5.11 Å². The van der Waals surface area contributed by atoms with Gasteiger partial charge in [0.2, 0.25) is 0 Å². The molecule has 7 heteroatoms. The normalized spacial score (nSPS) is 9.82. The molecule has 2 amide bonds. The topological polar surface area (TPSA) is 78.4 Å².